The van der Waals surface area contributed by atoms with Crippen molar-refractivity contribution in [1.82, 2.24) is 9.91 Å². The van der Waals surface area contributed by atoms with Gasteiger partial charge in [-0.15, -0.1) is 0 Å². The monoisotopic (exact) mass is 609 g/mol. The third-order valence-electron chi connectivity index (χ3n) is 7.83. The van der Waals surface area contributed by atoms with Gasteiger partial charge in [-0.3, -0.25) is 19.3 Å². The molecule has 1 saturated heterocycles. The average Bonchev–Trinajstić information content (AvgIpc) is 3.45. The number of likely N-dealkylation sites (tertiary alicyclic amines) is 1. The van der Waals surface area contributed by atoms with Crippen LogP contribution in [0.15, 0.2) is 101 Å². The molecular weight excluding hydrogens is 582 g/mol. The van der Waals surface area contributed by atoms with Crippen molar-refractivity contribution in [3.8, 4) is 5.75 Å². The minimum absolute atomic E-state index is 0.175. The highest BCUT2D eigenvalue weighted by atomic mass is 79.9. The number of piperidine rings is 1. The number of methoxy groups -OCH3 is 1. The van der Waals surface area contributed by atoms with Crippen LogP contribution in [0.3, 0.4) is 0 Å². The molecule has 0 bridgehead atoms. The molecule has 2 aliphatic heterocycles. The summed E-state index contributed by atoms with van der Waals surface area (Å²) in [7, 11) is 1.61. The van der Waals surface area contributed by atoms with E-state index in [0.29, 0.717) is 12.2 Å². The summed E-state index contributed by atoms with van der Waals surface area (Å²) in [5.74, 6) is -0.579. The van der Waals surface area contributed by atoms with Crippen molar-refractivity contribution >= 4 is 50.1 Å². The first-order valence-electron chi connectivity index (χ1n) is 13.5. The number of hydrogen-bond donors (Lipinski definition) is 0. The van der Waals surface area contributed by atoms with Crippen LogP contribution >= 0.6 is 15.9 Å². The summed E-state index contributed by atoms with van der Waals surface area (Å²) in [6.07, 6.45) is 0.853. The molecule has 0 saturated carbocycles. The molecule has 4 aromatic carbocycles. The van der Waals surface area contributed by atoms with Gasteiger partial charge in [0.05, 0.1) is 18.9 Å². The second kappa shape index (κ2) is 11.3. The fraction of sp³-hybridized carbons (Fsp3) is 0.212. The molecule has 0 radical (unpaired) electrons. The van der Waals surface area contributed by atoms with Gasteiger partial charge in [0.1, 0.15) is 12.3 Å². The molecule has 1 fully saturated rings. The van der Waals surface area contributed by atoms with Crippen molar-refractivity contribution < 1.29 is 19.1 Å². The predicted octanol–water partition coefficient (Wildman–Crippen LogP) is 6.22. The first-order valence-corrected chi connectivity index (χ1v) is 14.3. The molecule has 6 rings (SSSR count). The zero-order chi connectivity index (χ0) is 28.5. The molecule has 0 aliphatic carbocycles. The molecule has 4 aromatic rings. The number of fused-ring (bicyclic) bond motifs is 1. The van der Waals surface area contributed by atoms with E-state index >= 15 is 0 Å². The Kier molecular flexibility index (Phi) is 7.41. The van der Waals surface area contributed by atoms with Crippen LogP contribution in [0.2, 0.25) is 0 Å². The molecule has 3 amide bonds. The van der Waals surface area contributed by atoms with Gasteiger partial charge in [-0.25, -0.2) is 5.01 Å². The highest BCUT2D eigenvalue weighted by Gasteiger charge is 2.38. The Balaban J connectivity index is 1.25. The molecule has 1 unspecified atom stereocenters. The average molecular weight is 611 g/mol. The van der Waals surface area contributed by atoms with Crippen LogP contribution in [0, 0.1) is 0 Å². The van der Waals surface area contributed by atoms with Crippen molar-refractivity contribution in [3.05, 3.63) is 112 Å². The molecule has 41 heavy (non-hydrogen) atoms. The standard InChI is InChI=1S/C33H28BrN3O4/c1-41-28-14-10-23(11-15-28)30-19-29(25-7-6-21-4-2-3-5-24(21)16-25)35-37(30)33(40)20-36-31(38)17-26(18-32(36)39)22-8-12-27(34)13-9-22/h2-16,26,30H,17-20H2,1H3. The van der Waals surface area contributed by atoms with E-state index in [0.717, 1.165) is 42.5 Å². The van der Waals surface area contributed by atoms with Crippen LogP contribution in [-0.2, 0) is 14.4 Å². The number of halogens is 1. The number of ether oxygens (including phenoxy) is 1. The summed E-state index contributed by atoms with van der Waals surface area (Å²) in [6, 6.07) is 29.0. The quantitative estimate of drug-likeness (QED) is 0.243. The van der Waals surface area contributed by atoms with E-state index in [1.165, 1.54) is 5.01 Å². The first kappa shape index (κ1) is 26.9. The molecule has 0 aromatic heterocycles. The minimum Gasteiger partial charge on any atom is -0.497 e. The van der Waals surface area contributed by atoms with Crippen molar-refractivity contribution in [2.24, 2.45) is 5.10 Å². The van der Waals surface area contributed by atoms with E-state index in [2.05, 4.69) is 28.1 Å². The maximum absolute atomic E-state index is 13.7. The number of amides is 3. The van der Waals surface area contributed by atoms with Gasteiger partial charge < -0.3 is 4.74 Å². The maximum atomic E-state index is 13.7. The first-order chi connectivity index (χ1) is 19.9. The highest BCUT2D eigenvalue weighted by Crippen LogP contribution is 2.35. The zero-order valence-corrected chi connectivity index (χ0v) is 24.1. The lowest BCUT2D eigenvalue weighted by Crippen LogP contribution is -2.48. The van der Waals surface area contributed by atoms with Crippen LogP contribution in [0.25, 0.3) is 10.8 Å². The van der Waals surface area contributed by atoms with E-state index in [9.17, 15) is 14.4 Å². The van der Waals surface area contributed by atoms with Crippen LogP contribution in [0.4, 0.5) is 0 Å². The third-order valence-corrected chi connectivity index (χ3v) is 8.36. The van der Waals surface area contributed by atoms with Gasteiger partial charge in [0, 0.05) is 29.7 Å². The molecule has 2 aliphatic rings. The van der Waals surface area contributed by atoms with E-state index in [4.69, 9.17) is 9.84 Å². The van der Waals surface area contributed by atoms with Gasteiger partial charge in [0.25, 0.3) is 5.91 Å². The lowest BCUT2D eigenvalue weighted by Gasteiger charge is -2.31. The Hall–Kier alpha value is -4.30. The number of imide groups is 1. The molecule has 0 N–H and O–H groups in total. The number of carbonyl (C=O) groups excluding carboxylic acids is 3. The predicted molar refractivity (Wildman–Crippen MR) is 161 cm³/mol. The maximum Gasteiger partial charge on any atom is 0.263 e. The summed E-state index contributed by atoms with van der Waals surface area (Å²) in [6.45, 7) is -0.341. The van der Waals surface area contributed by atoms with Crippen LogP contribution in [0.1, 0.15) is 47.9 Å². The van der Waals surface area contributed by atoms with Crippen LogP contribution in [0.5, 0.6) is 5.75 Å². The minimum atomic E-state index is -0.398. The number of carbonyl (C=O) groups is 3. The van der Waals surface area contributed by atoms with Gasteiger partial charge in [-0.2, -0.15) is 5.10 Å². The van der Waals surface area contributed by atoms with Crippen molar-refractivity contribution in [1.29, 1.82) is 0 Å². The highest BCUT2D eigenvalue weighted by molar-refractivity contribution is 9.10. The summed E-state index contributed by atoms with van der Waals surface area (Å²) >= 11 is 3.42. The van der Waals surface area contributed by atoms with Crippen molar-refractivity contribution in [2.45, 2.75) is 31.2 Å². The number of benzene rings is 4. The second-order valence-corrected chi connectivity index (χ2v) is 11.3. The van der Waals surface area contributed by atoms with Gasteiger partial charge >= 0.3 is 0 Å². The normalized spacial score (nSPS) is 17.7. The molecule has 7 nitrogen and oxygen atoms in total. The Bertz CT molecular complexity index is 1650. The van der Waals surface area contributed by atoms with Crippen LogP contribution in [-0.4, -0.2) is 47.0 Å². The van der Waals surface area contributed by atoms with E-state index in [1.807, 2.05) is 78.9 Å². The summed E-state index contributed by atoms with van der Waals surface area (Å²) in [5.41, 5.74) is 3.53. The van der Waals surface area contributed by atoms with Gasteiger partial charge in [0.15, 0.2) is 0 Å². The lowest BCUT2D eigenvalue weighted by molar-refractivity contribution is -0.153. The smallest absolute Gasteiger partial charge is 0.263 e. The van der Waals surface area contributed by atoms with Gasteiger partial charge in [-0.05, 0) is 57.8 Å². The lowest BCUT2D eigenvalue weighted by atomic mass is 9.88. The van der Waals surface area contributed by atoms with Crippen molar-refractivity contribution in [2.75, 3.05) is 13.7 Å². The number of rotatable bonds is 6. The third kappa shape index (κ3) is 5.52. The Morgan fingerprint density at radius 3 is 2.20 bits per heavy atom. The Labute approximate surface area is 246 Å². The SMILES string of the molecule is COc1ccc(C2CC(c3ccc4ccccc4c3)=NN2C(=O)CN2C(=O)CC(c3ccc(Br)cc3)CC2=O)cc1. The van der Waals surface area contributed by atoms with Crippen molar-refractivity contribution in [3.63, 3.8) is 0 Å². The van der Waals surface area contributed by atoms with E-state index in [1.54, 1.807) is 7.11 Å². The Morgan fingerprint density at radius 1 is 0.854 bits per heavy atom. The number of hydrazone groups is 1. The molecule has 8 heteroatoms. The number of nitrogens with zero attached hydrogens (tertiary/aromatic N) is 3. The summed E-state index contributed by atoms with van der Waals surface area (Å²) in [4.78, 5) is 41.0. The van der Waals surface area contributed by atoms with E-state index in [-0.39, 0.29) is 43.2 Å². The molecular formula is C33H28BrN3O4. The number of hydrogen-bond acceptors (Lipinski definition) is 5. The zero-order valence-electron chi connectivity index (χ0n) is 22.5. The fourth-order valence-corrected chi connectivity index (χ4v) is 5.84. The van der Waals surface area contributed by atoms with Gasteiger partial charge in [-0.1, -0.05) is 76.6 Å². The van der Waals surface area contributed by atoms with Gasteiger partial charge in [0.2, 0.25) is 11.8 Å². The summed E-state index contributed by atoms with van der Waals surface area (Å²) < 4.78 is 6.25. The topological polar surface area (TPSA) is 79.3 Å². The molecule has 1 atom stereocenters. The Morgan fingerprint density at radius 2 is 1.51 bits per heavy atom. The fourth-order valence-electron chi connectivity index (χ4n) is 5.58. The largest absolute Gasteiger partial charge is 0.497 e. The summed E-state index contributed by atoms with van der Waals surface area (Å²) in [5, 5.41) is 8.42. The molecule has 0 spiro atoms. The molecule has 206 valence electrons. The van der Waals surface area contributed by atoms with E-state index < -0.39 is 5.91 Å². The van der Waals surface area contributed by atoms with Crippen LogP contribution < -0.4 is 4.74 Å². The molecule has 2 heterocycles. The second-order valence-electron chi connectivity index (χ2n) is 10.4.